The van der Waals surface area contributed by atoms with Crippen LogP contribution in [-0.2, 0) is 11.5 Å². The Morgan fingerprint density at radius 3 is 3.00 bits per heavy atom. The zero-order valence-corrected chi connectivity index (χ0v) is 6.07. The maximum Gasteiger partial charge on any atom is 0.0952 e. The van der Waals surface area contributed by atoms with Gasteiger partial charge >= 0.3 is 0 Å². The molecule has 0 bridgehead atoms. The van der Waals surface area contributed by atoms with E-state index in [0.29, 0.717) is 6.42 Å². The smallest absolute Gasteiger partial charge is 0.0952 e. The van der Waals surface area contributed by atoms with Crippen LogP contribution in [0.1, 0.15) is 10.7 Å². The van der Waals surface area contributed by atoms with E-state index in [2.05, 4.69) is 4.98 Å². The maximum atomic E-state index is 10.1. The highest BCUT2D eigenvalue weighted by molar-refractivity contribution is 7.09. The lowest BCUT2D eigenvalue weighted by molar-refractivity contribution is 0.197. The van der Waals surface area contributed by atoms with Crippen molar-refractivity contribution in [3.8, 4) is 0 Å². The molecule has 0 aliphatic heterocycles. The van der Waals surface area contributed by atoms with E-state index in [9.17, 15) is 5.11 Å². The third-order valence-electron chi connectivity index (χ3n) is 0.983. The van der Waals surface area contributed by atoms with E-state index in [0.717, 1.165) is 10.7 Å². The van der Waals surface area contributed by atoms with Crippen molar-refractivity contribution < 1.29 is 5.11 Å². The molecule has 0 fully saturated rings. The summed E-state index contributed by atoms with van der Waals surface area (Å²) >= 11 is 1.56. The minimum absolute atomic E-state index is 0.0487. The van der Waals surface area contributed by atoms with Crippen molar-refractivity contribution >= 4 is 11.3 Å². The van der Waals surface area contributed by atoms with E-state index >= 15 is 0 Å². The number of thiazole rings is 1. The zero-order chi connectivity index (χ0) is 6.69. The number of aromatic nitrogens is 1. The second kappa shape index (κ2) is 2.94. The second-order valence-corrected chi connectivity index (χ2v) is 2.78. The van der Waals surface area contributed by atoms with E-state index in [-0.39, 0.29) is 6.61 Å². The van der Waals surface area contributed by atoms with Crippen molar-refractivity contribution in [2.75, 3.05) is 6.61 Å². The van der Waals surface area contributed by atoms with Crippen molar-refractivity contribution in [1.82, 2.24) is 4.98 Å². The number of aryl methyl sites for hydroxylation is 1. The third-order valence-corrected chi connectivity index (χ3v) is 2.01. The Balaban J connectivity index is 2.61. The van der Waals surface area contributed by atoms with Gasteiger partial charge in [-0.1, -0.05) is 0 Å². The Kier molecular flexibility index (Phi) is 2.19. The van der Waals surface area contributed by atoms with Crippen LogP contribution in [0.25, 0.3) is 0 Å². The average molecular weight is 142 g/mol. The Hall–Kier alpha value is -0.410. The van der Waals surface area contributed by atoms with Crippen LogP contribution < -0.4 is 0 Å². The van der Waals surface area contributed by atoms with Crippen molar-refractivity contribution in [2.45, 2.75) is 13.3 Å². The van der Waals surface area contributed by atoms with Crippen molar-refractivity contribution in [3.63, 3.8) is 0 Å². The lowest BCUT2D eigenvalue weighted by Gasteiger charge is -1.83. The summed E-state index contributed by atoms with van der Waals surface area (Å²) in [5, 5.41) is 13.0. The van der Waals surface area contributed by atoms with E-state index in [1.165, 1.54) is 0 Å². The molecule has 3 heteroatoms. The molecule has 0 unspecified atom stereocenters. The van der Waals surface area contributed by atoms with Gasteiger partial charge in [-0.2, -0.15) is 0 Å². The van der Waals surface area contributed by atoms with Crippen LogP contribution in [0.5, 0.6) is 0 Å². The van der Waals surface area contributed by atoms with Gasteiger partial charge in [-0.05, 0) is 6.92 Å². The van der Waals surface area contributed by atoms with Gasteiger partial charge in [0.2, 0.25) is 0 Å². The van der Waals surface area contributed by atoms with Crippen molar-refractivity contribution in [1.29, 1.82) is 0 Å². The van der Waals surface area contributed by atoms with Crippen LogP contribution in [0.2, 0.25) is 0 Å². The highest BCUT2D eigenvalue weighted by Gasteiger charge is 1.95. The Bertz CT molecular complexity index is 185. The van der Waals surface area contributed by atoms with Gasteiger partial charge < -0.3 is 0 Å². The van der Waals surface area contributed by atoms with Gasteiger partial charge in [0.25, 0.3) is 0 Å². The standard InChI is InChI=1S/C6H8NOS/c1-5-4-9-6(7-5)2-3-8/h4H,2-3H2,1H3. The fourth-order valence-electron chi connectivity index (χ4n) is 0.605. The molecular weight excluding hydrogens is 134 g/mol. The van der Waals surface area contributed by atoms with Gasteiger partial charge in [0.1, 0.15) is 0 Å². The first kappa shape index (κ1) is 6.71. The molecule has 0 aromatic carbocycles. The van der Waals surface area contributed by atoms with E-state index < -0.39 is 0 Å². The summed E-state index contributed by atoms with van der Waals surface area (Å²) in [7, 11) is 0. The summed E-state index contributed by atoms with van der Waals surface area (Å²) in [6, 6.07) is 0. The molecule has 1 radical (unpaired) electrons. The third kappa shape index (κ3) is 1.77. The predicted molar refractivity (Wildman–Crippen MR) is 36.1 cm³/mol. The molecule has 1 heterocycles. The minimum atomic E-state index is -0.0487. The lowest BCUT2D eigenvalue weighted by Crippen LogP contribution is -1.86. The summed E-state index contributed by atoms with van der Waals surface area (Å²) in [6.07, 6.45) is 0.582. The summed E-state index contributed by atoms with van der Waals surface area (Å²) in [5.41, 5.74) is 1.02. The molecule has 0 saturated carbocycles. The fraction of sp³-hybridized carbons (Fsp3) is 0.500. The fourth-order valence-corrected chi connectivity index (χ4v) is 1.36. The molecular formula is C6H8NOS. The normalized spacial score (nSPS) is 10.0. The lowest BCUT2D eigenvalue weighted by atomic mass is 10.5. The molecule has 0 N–H and O–H groups in total. The Labute approximate surface area is 58.2 Å². The number of rotatable bonds is 2. The van der Waals surface area contributed by atoms with Crippen LogP contribution in [-0.4, -0.2) is 11.6 Å². The molecule has 9 heavy (non-hydrogen) atoms. The first-order chi connectivity index (χ1) is 4.33. The van der Waals surface area contributed by atoms with Crippen LogP contribution in [0, 0.1) is 6.92 Å². The molecule has 0 spiro atoms. The predicted octanol–water partition coefficient (Wildman–Crippen LogP) is 1.42. The summed E-state index contributed by atoms with van der Waals surface area (Å²) in [5.74, 6) is 0. The largest absolute Gasteiger partial charge is 0.247 e. The monoisotopic (exact) mass is 142 g/mol. The molecule has 2 nitrogen and oxygen atoms in total. The van der Waals surface area contributed by atoms with E-state index in [1.807, 2.05) is 12.3 Å². The Morgan fingerprint density at radius 1 is 1.78 bits per heavy atom. The number of hydrogen-bond acceptors (Lipinski definition) is 2. The van der Waals surface area contributed by atoms with Gasteiger partial charge in [-0.15, -0.1) is 11.3 Å². The molecule has 0 atom stereocenters. The van der Waals surface area contributed by atoms with Crippen LogP contribution in [0.3, 0.4) is 0 Å². The molecule has 49 valence electrons. The van der Waals surface area contributed by atoms with Crippen molar-refractivity contribution in [3.05, 3.63) is 16.1 Å². The molecule has 1 aromatic heterocycles. The van der Waals surface area contributed by atoms with Crippen LogP contribution in [0.4, 0.5) is 0 Å². The molecule has 0 aliphatic carbocycles. The zero-order valence-electron chi connectivity index (χ0n) is 5.26. The van der Waals surface area contributed by atoms with E-state index in [1.54, 1.807) is 11.3 Å². The van der Waals surface area contributed by atoms with Gasteiger partial charge in [0, 0.05) is 17.5 Å². The number of nitrogens with zero attached hydrogens (tertiary/aromatic N) is 1. The average Bonchev–Trinajstić information content (AvgIpc) is 2.17. The first-order valence-electron chi connectivity index (χ1n) is 2.82. The molecule has 0 amide bonds. The summed E-state index contributed by atoms with van der Waals surface area (Å²) in [4.78, 5) is 4.12. The maximum absolute atomic E-state index is 10.1. The highest BCUT2D eigenvalue weighted by atomic mass is 32.1. The summed E-state index contributed by atoms with van der Waals surface area (Å²) < 4.78 is 0. The number of hydrogen-bond donors (Lipinski definition) is 0. The van der Waals surface area contributed by atoms with Crippen LogP contribution in [0.15, 0.2) is 5.38 Å². The van der Waals surface area contributed by atoms with Gasteiger partial charge in [0.15, 0.2) is 0 Å². The molecule has 1 rings (SSSR count). The molecule has 0 saturated heterocycles. The van der Waals surface area contributed by atoms with Gasteiger partial charge in [-0.3, -0.25) is 0 Å². The first-order valence-corrected chi connectivity index (χ1v) is 3.70. The quantitative estimate of drug-likeness (QED) is 0.614. The molecule has 1 aromatic rings. The van der Waals surface area contributed by atoms with E-state index in [4.69, 9.17) is 0 Å². The summed E-state index contributed by atoms with van der Waals surface area (Å²) in [6.45, 7) is 1.89. The van der Waals surface area contributed by atoms with Crippen molar-refractivity contribution in [2.24, 2.45) is 0 Å². The SMILES string of the molecule is Cc1csc(CC[O])n1. The van der Waals surface area contributed by atoms with Gasteiger partial charge in [-0.25, -0.2) is 10.1 Å². The topological polar surface area (TPSA) is 32.8 Å². The van der Waals surface area contributed by atoms with Crippen LogP contribution >= 0.6 is 11.3 Å². The minimum Gasteiger partial charge on any atom is -0.247 e. The van der Waals surface area contributed by atoms with Gasteiger partial charge in [0.05, 0.1) is 11.6 Å². The molecule has 0 aliphatic rings. The highest BCUT2D eigenvalue weighted by Crippen LogP contribution is 2.08. The Morgan fingerprint density at radius 2 is 2.56 bits per heavy atom. The second-order valence-electron chi connectivity index (χ2n) is 1.84.